The molecule has 0 bridgehead atoms. The van der Waals surface area contributed by atoms with Crippen LogP contribution < -0.4 is 9.80 Å². The fraction of sp³-hybridized carbons (Fsp3) is 0.0577. The van der Waals surface area contributed by atoms with Crippen molar-refractivity contribution in [3.05, 3.63) is 399 Å². The first-order valence-corrected chi connectivity index (χ1v) is 37.9. The van der Waals surface area contributed by atoms with Gasteiger partial charge in [0, 0.05) is 103 Å². The second-order valence-corrected chi connectivity index (χ2v) is 30.3. The summed E-state index contributed by atoms with van der Waals surface area (Å²) in [5.41, 5.74) is 37.1. The van der Waals surface area contributed by atoms with E-state index in [2.05, 4.69) is 397 Å². The van der Waals surface area contributed by atoms with Crippen molar-refractivity contribution in [3.63, 3.8) is 0 Å². The van der Waals surface area contributed by atoms with E-state index in [1.165, 1.54) is 77.2 Å². The standard InChI is InChI=1S/C104H76N6/c1-7-67-17-21-69(22-18-67)71-25-37-79(38-26-71)107(85-45-47-89-87-13-9-11-15-95(87)103(3,4)97(89)65-85)81-41-29-73(30-42-81)75-33-49-99-91(61-75)93-63-77(35-51-101(93)109(99)83-53-57-105-58-54-83)78-36-52-102-94(64-78)92-62-76(34-50-100(92)110(102)84-55-59-106-60-56-84)74-31-43-82(44-32-74)108(80-39-27-72(28-40-80)70-23-19-68(8-2)20-24-70)86-46-48-90-88-14-10-12-16-96(88)104(5,6)98(90)66-86/h7-66H,1-2H2,3-6H3. The first-order valence-electron chi connectivity index (χ1n) is 37.9. The lowest BCUT2D eigenvalue weighted by Gasteiger charge is -2.28. The second-order valence-electron chi connectivity index (χ2n) is 30.3. The molecule has 4 aromatic heterocycles. The van der Waals surface area contributed by atoms with Gasteiger partial charge in [0.05, 0.1) is 22.1 Å². The molecular weight excluding hydrogens is 1330 g/mol. The maximum absolute atomic E-state index is 4.46. The average Bonchev–Trinajstić information content (AvgIpc) is 1.59. The lowest BCUT2D eigenvalue weighted by atomic mass is 9.82. The molecule has 522 valence electrons. The fourth-order valence-corrected chi connectivity index (χ4v) is 17.7. The summed E-state index contributed by atoms with van der Waals surface area (Å²) in [5, 5.41) is 4.68. The Morgan fingerprint density at radius 2 is 0.509 bits per heavy atom. The van der Waals surface area contributed by atoms with E-state index in [0.717, 1.165) is 123 Å². The molecule has 18 aromatic rings. The SMILES string of the molecule is C=Cc1ccc(-c2ccc(N(c3ccc(-c4ccc5c(c4)c4cc(-c6ccc7c(c6)c6cc(-c8ccc(N(c9ccc(-c%10ccc(C=C)cc%10)cc9)c9ccc%10c(c9)C(C)(C)c9ccccc9-%10)cc8)ccc6n7-c6ccncc6)ccc4n5-c4ccncc4)cc3)c3ccc4c(c3)C(C)(C)c3ccccc3-4)cc2)cc1. The number of benzene rings is 14. The molecule has 2 aliphatic rings. The van der Waals surface area contributed by atoms with Crippen molar-refractivity contribution < 1.29 is 0 Å². The minimum atomic E-state index is -0.157. The zero-order chi connectivity index (χ0) is 73.9. The largest absolute Gasteiger partial charge is 0.310 e. The molecule has 6 nitrogen and oxygen atoms in total. The Labute approximate surface area is 641 Å². The maximum Gasteiger partial charge on any atom is 0.0541 e. The highest BCUT2D eigenvalue weighted by Gasteiger charge is 2.38. The Kier molecular flexibility index (Phi) is 15.5. The van der Waals surface area contributed by atoms with E-state index in [1.807, 2.05) is 36.9 Å². The van der Waals surface area contributed by atoms with Crippen LogP contribution in [0.4, 0.5) is 34.1 Å². The number of hydrogen-bond acceptors (Lipinski definition) is 4. The van der Waals surface area contributed by atoms with Crippen LogP contribution in [-0.4, -0.2) is 19.1 Å². The highest BCUT2D eigenvalue weighted by molar-refractivity contribution is 6.14. The van der Waals surface area contributed by atoms with Gasteiger partial charge in [0.2, 0.25) is 0 Å². The van der Waals surface area contributed by atoms with Gasteiger partial charge in [0.1, 0.15) is 0 Å². The van der Waals surface area contributed by atoms with E-state index >= 15 is 0 Å². The van der Waals surface area contributed by atoms with Gasteiger partial charge in [0.25, 0.3) is 0 Å². The van der Waals surface area contributed by atoms with E-state index < -0.39 is 0 Å². The summed E-state index contributed by atoms with van der Waals surface area (Å²) < 4.78 is 4.76. The lowest BCUT2D eigenvalue weighted by Crippen LogP contribution is -2.16. The third-order valence-electron chi connectivity index (χ3n) is 23.5. The normalized spacial score (nSPS) is 12.9. The summed E-state index contributed by atoms with van der Waals surface area (Å²) in [6.07, 6.45) is 11.3. The molecule has 0 saturated carbocycles. The predicted molar refractivity (Wildman–Crippen MR) is 463 cm³/mol. The number of pyridine rings is 2. The summed E-state index contributed by atoms with van der Waals surface area (Å²) in [4.78, 5) is 13.7. The molecule has 6 heteroatoms. The minimum Gasteiger partial charge on any atom is -0.310 e. The Balaban J connectivity index is 0.666. The first-order chi connectivity index (χ1) is 53.9. The quantitative estimate of drug-likeness (QED) is 0.103. The molecular formula is C104H76N6. The minimum absolute atomic E-state index is 0.157. The van der Waals surface area contributed by atoms with Crippen LogP contribution in [-0.2, 0) is 10.8 Å². The second kappa shape index (κ2) is 25.9. The molecule has 0 radical (unpaired) electrons. The summed E-state index contributed by atoms with van der Waals surface area (Å²) in [6, 6.07) is 122. The Morgan fingerprint density at radius 3 is 0.818 bits per heavy atom. The molecule has 14 aromatic carbocycles. The highest BCUT2D eigenvalue weighted by atomic mass is 15.1. The Hall–Kier alpha value is -13.9. The van der Waals surface area contributed by atoms with E-state index in [1.54, 1.807) is 0 Å². The third-order valence-corrected chi connectivity index (χ3v) is 23.5. The highest BCUT2D eigenvalue weighted by Crippen LogP contribution is 2.53. The van der Waals surface area contributed by atoms with Gasteiger partial charge in [-0.3, -0.25) is 9.97 Å². The van der Waals surface area contributed by atoms with E-state index in [0.29, 0.717) is 0 Å². The molecule has 0 N–H and O–H groups in total. The molecule has 2 aliphatic carbocycles. The average molecular weight is 1410 g/mol. The number of rotatable bonds is 15. The molecule has 0 spiro atoms. The van der Waals surface area contributed by atoms with Gasteiger partial charge in [-0.05, 0) is 257 Å². The van der Waals surface area contributed by atoms with Gasteiger partial charge in [0.15, 0.2) is 0 Å². The zero-order valence-electron chi connectivity index (χ0n) is 61.7. The molecule has 110 heavy (non-hydrogen) atoms. The fourth-order valence-electron chi connectivity index (χ4n) is 17.7. The maximum atomic E-state index is 4.46. The molecule has 4 heterocycles. The molecule has 0 amide bonds. The van der Waals surface area contributed by atoms with Gasteiger partial charge in [-0.25, -0.2) is 0 Å². The van der Waals surface area contributed by atoms with Gasteiger partial charge in [-0.15, -0.1) is 0 Å². The first kappa shape index (κ1) is 65.6. The predicted octanol–water partition coefficient (Wildman–Crippen LogP) is 27.8. The summed E-state index contributed by atoms with van der Waals surface area (Å²) >= 11 is 0. The van der Waals surface area contributed by atoms with Crippen molar-refractivity contribution in [1.29, 1.82) is 0 Å². The van der Waals surface area contributed by atoms with Crippen molar-refractivity contribution in [2.45, 2.75) is 38.5 Å². The van der Waals surface area contributed by atoms with Crippen LogP contribution in [0.25, 0.3) is 145 Å². The van der Waals surface area contributed by atoms with E-state index in [9.17, 15) is 0 Å². The van der Waals surface area contributed by atoms with E-state index in [4.69, 9.17) is 0 Å². The van der Waals surface area contributed by atoms with Gasteiger partial charge >= 0.3 is 0 Å². The number of fused-ring (bicyclic) bond motifs is 12. The van der Waals surface area contributed by atoms with Crippen LogP contribution >= 0.6 is 0 Å². The van der Waals surface area contributed by atoms with Crippen molar-refractivity contribution in [2.24, 2.45) is 0 Å². The van der Waals surface area contributed by atoms with Crippen LogP contribution in [0.2, 0.25) is 0 Å². The topological polar surface area (TPSA) is 42.1 Å². The van der Waals surface area contributed by atoms with Crippen LogP contribution in [0.1, 0.15) is 61.1 Å². The smallest absolute Gasteiger partial charge is 0.0541 e. The monoisotopic (exact) mass is 1410 g/mol. The molecule has 0 atom stereocenters. The molecule has 0 saturated heterocycles. The zero-order valence-corrected chi connectivity index (χ0v) is 61.7. The van der Waals surface area contributed by atoms with E-state index in [-0.39, 0.29) is 10.8 Å². The molecule has 0 aliphatic heterocycles. The van der Waals surface area contributed by atoms with Crippen LogP contribution in [0, 0.1) is 0 Å². The van der Waals surface area contributed by atoms with Gasteiger partial charge < -0.3 is 18.9 Å². The number of nitrogens with zero attached hydrogens (tertiary/aromatic N) is 6. The number of anilines is 6. The Bertz CT molecular complexity index is 6270. The van der Waals surface area contributed by atoms with Crippen LogP contribution in [0.3, 0.4) is 0 Å². The van der Waals surface area contributed by atoms with Crippen molar-refractivity contribution in [2.75, 3.05) is 9.80 Å². The molecule has 0 fully saturated rings. The van der Waals surface area contributed by atoms with Crippen molar-refractivity contribution >= 4 is 89.9 Å². The third kappa shape index (κ3) is 10.8. The molecule has 0 unspecified atom stereocenters. The Morgan fingerprint density at radius 1 is 0.255 bits per heavy atom. The molecule has 20 rings (SSSR count). The van der Waals surface area contributed by atoms with Gasteiger partial charge in [-0.2, -0.15) is 0 Å². The summed E-state index contributed by atoms with van der Waals surface area (Å²) in [7, 11) is 0. The summed E-state index contributed by atoms with van der Waals surface area (Å²) in [5.74, 6) is 0. The van der Waals surface area contributed by atoms with Crippen LogP contribution in [0.5, 0.6) is 0 Å². The lowest BCUT2D eigenvalue weighted by molar-refractivity contribution is 0.660. The van der Waals surface area contributed by atoms with Crippen LogP contribution in [0.15, 0.2) is 366 Å². The number of hydrogen-bond donors (Lipinski definition) is 0. The summed E-state index contributed by atoms with van der Waals surface area (Å²) in [6.45, 7) is 17.4. The number of aromatic nitrogens is 4. The van der Waals surface area contributed by atoms with Crippen molar-refractivity contribution in [1.82, 2.24) is 19.1 Å². The van der Waals surface area contributed by atoms with Crippen molar-refractivity contribution in [3.8, 4) is 89.3 Å². The van der Waals surface area contributed by atoms with Gasteiger partial charge in [-0.1, -0.05) is 235 Å².